The normalized spacial score (nSPS) is 15.8. The monoisotopic (exact) mass is 1280 g/mol. The molecule has 0 radical (unpaired) electrons. The van der Waals surface area contributed by atoms with Gasteiger partial charge in [0, 0.05) is 19.4 Å². The number of aliphatic hydroxyl groups is 1. The van der Waals surface area contributed by atoms with Crippen molar-refractivity contribution in [1.29, 1.82) is 0 Å². The van der Waals surface area contributed by atoms with Gasteiger partial charge in [-0.05, 0) is 76.5 Å². The maximum atomic E-state index is 14.0. The Morgan fingerprint density at radius 2 is 0.778 bits per heavy atom. The Bertz CT molecular complexity index is 2550. The van der Waals surface area contributed by atoms with Gasteiger partial charge in [0.25, 0.3) is 0 Å². The van der Waals surface area contributed by atoms with Crippen molar-refractivity contribution in [2.24, 2.45) is 57.3 Å². The molecule has 0 rings (SSSR count). The third kappa shape index (κ3) is 30.4. The predicted octanol–water partition coefficient (Wildman–Crippen LogP) is -6.36. The van der Waals surface area contributed by atoms with Gasteiger partial charge in [-0.15, -0.1) is 0 Å². The number of hydrogen-bond donors (Lipinski definition) is 19. The molecule has 0 aromatic rings. The van der Waals surface area contributed by atoms with E-state index >= 15 is 0 Å². The summed E-state index contributed by atoms with van der Waals surface area (Å²) in [5.41, 5.74) is 27.3. The van der Waals surface area contributed by atoms with E-state index in [0.717, 1.165) is 13.8 Å². The number of aliphatic carboxylic acids is 2. The zero-order valence-electron chi connectivity index (χ0n) is 53.0. The number of nitrogens with one attached hydrogen (secondary N) is 11. The lowest BCUT2D eigenvalue weighted by molar-refractivity contribution is -0.142. The molecule has 0 aliphatic rings. The molecule has 0 aliphatic heterocycles. The van der Waals surface area contributed by atoms with Crippen molar-refractivity contribution < 1.29 is 87.2 Å². The Kier molecular flexibility index (Phi) is 36.8. The third-order valence-corrected chi connectivity index (χ3v) is 14.2. The number of amides is 13. The van der Waals surface area contributed by atoms with Crippen LogP contribution in [-0.4, -0.2) is 196 Å². The first-order valence-corrected chi connectivity index (χ1v) is 29.6. The van der Waals surface area contributed by atoms with Gasteiger partial charge in [-0.2, -0.15) is 0 Å². The Balaban J connectivity index is 6.33. The minimum atomic E-state index is -1.88. The van der Waals surface area contributed by atoms with Gasteiger partial charge in [-0.3, -0.25) is 72.1 Å². The molecule has 0 aromatic heterocycles. The number of nitrogens with two attached hydrogens (primary N) is 5. The number of aliphatic hydroxyl groups excluding tert-OH is 1. The fraction of sp³-hybridized carbons (Fsp3) is 0.709. The zero-order chi connectivity index (χ0) is 69.4. The van der Waals surface area contributed by atoms with Gasteiger partial charge in [-0.25, -0.2) is 4.79 Å². The smallest absolute Gasteiger partial charge is 0.326 e. The van der Waals surface area contributed by atoms with Crippen LogP contribution in [-0.2, 0) is 71.9 Å². The first-order valence-electron chi connectivity index (χ1n) is 29.6. The highest BCUT2D eigenvalue weighted by Gasteiger charge is 2.37. The van der Waals surface area contributed by atoms with Gasteiger partial charge in [0.15, 0.2) is 5.96 Å². The van der Waals surface area contributed by atoms with E-state index in [9.17, 15) is 87.2 Å². The van der Waals surface area contributed by atoms with Crippen molar-refractivity contribution in [2.45, 2.75) is 213 Å². The molecule has 510 valence electrons. The number of nitrogens with zero attached hydrogens (tertiary/aromatic N) is 1. The molecule has 0 aromatic carbocycles. The second-order valence-electron chi connectivity index (χ2n) is 22.8. The molecule has 0 spiro atoms. The van der Waals surface area contributed by atoms with Gasteiger partial charge in [0.1, 0.15) is 66.5 Å². The Labute approximate surface area is 522 Å². The number of rotatable bonds is 43. The number of hydrogen-bond acceptors (Lipinski definition) is 18. The Hall–Kier alpha value is -8.76. The summed E-state index contributed by atoms with van der Waals surface area (Å²) in [6, 6.07) is -17.9. The topological polar surface area (TPSA) is 592 Å². The minimum Gasteiger partial charge on any atom is -0.481 e. The van der Waals surface area contributed by atoms with Gasteiger partial charge in [0.05, 0.1) is 19.1 Å². The lowest BCUT2D eigenvalue weighted by Gasteiger charge is -2.29. The fourth-order valence-electron chi connectivity index (χ4n) is 8.19. The molecule has 0 heterocycles. The van der Waals surface area contributed by atoms with E-state index in [1.54, 1.807) is 55.4 Å². The van der Waals surface area contributed by atoms with Crippen molar-refractivity contribution >= 4 is 94.7 Å². The fourth-order valence-corrected chi connectivity index (χ4v) is 8.19. The van der Waals surface area contributed by atoms with Crippen LogP contribution in [0.5, 0.6) is 0 Å². The SMILES string of the molecule is CC[C@H](C)[C@H](NC(=O)[C@H](CC(=O)O)NC(=O)[C@H](C)NC(=O)[C@H](C)NC(=O)[C@H](CO)NC(=O)[C@H](CCC(N)=O)NC(=O)[C@H](CCC(N)=O)NC(=O)[C@H](CC(C)C)NC(=O)[C@@H](NC(=O)[C@@H](N)C(C)C)[C@@H](C)CC)C(=O)N[C@@H](C)C(=O)N[C@@H](CCCN=C(N)N)C(=O)O. The number of aliphatic imine (C=N–C) groups is 1. The molecular formula is C55H97N17O18. The molecule has 0 saturated heterocycles. The van der Waals surface area contributed by atoms with Crippen molar-refractivity contribution in [2.75, 3.05) is 13.2 Å². The summed E-state index contributed by atoms with van der Waals surface area (Å²) >= 11 is 0. The molecule has 0 bridgehead atoms. The van der Waals surface area contributed by atoms with Crippen molar-refractivity contribution in [1.82, 2.24) is 58.5 Å². The molecule has 24 N–H and O–H groups in total. The third-order valence-electron chi connectivity index (χ3n) is 14.2. The summed E-state index contributed by atoms with van der Waals surface area (Å²) in [6.07, 6.45) is -2.25. The summed E-state index contributed by atoms with van der Waals surface area (Å²) in [7, 11) is 0. The molecule has 0 saturated carbocycles. The first-order chi connectivity index (χ1) is 41.8. The maximum Gasteiger partial charge on any atom is 0.326 e. The average molecular weight is 1280 g/mol. The van der Waals surface area contributed by atoms with Crippen LogP contribution in [0.4, 0.5) is 0 Å². The van der Waals surface area contributed by atoms with Gasteiger partial charge in [0.2, 0.25) is 76.8 Å². The lowest BCUT2D eigenvalue weighted by Crippen LogP contribution is -2.61. The summed E-state index contributed by atoms with van der Waals surface area (Å²) in [5.74, 6) is -17.6. The van der Waals surface area contributed by atoms with Crippen LogP contribution in [0.3, 0.4) is 0 Å². The Morgan fingerprint density at radius 1 is 0.422 bits per heavy atom. The molecule has 13 amide bonds. The Morgan fingerprint density at radius 3 is 1.18 bits per heavy atom. The minimum absolute atomic E-state index is 0.0114. The number of primary amides is 2. The van der Waals surface area contributed by atoms with E-state index in [2.05, 4.69) is 63.5 Å². The van der Waals surface area contributed by atoms with Crippen molar-refractivity contribution in [3.63, 3.8) is 0 Å². The highest BCUT2D eigenvalue weighted by atomic mass is 16.4. The van der Waals surface area contributed by atoms with Crippen LogP contribution in [0.15, 0.2) is 4.99 Å². The van der Waals surface area contributed by atoms with Crippen LogP contribution < -0.4 is 87.2 Å². The highest BCUT2D eigenvalue weighted by molar-refractivity contribution is 6.00. The van der Waals surface area contributed by atoms with E-state index < -0.39 is 212 Å². The number of carboxylic acids is 2. The number of guanidine groups is 1. The zero-order valence-corrected chi connectivity index (χ0v) is 53.0. The van der Waals surface area contributed by atoms with E-state index in [-0.39, 0.29) is 50.0 Å². The summed E-state index contributed by atoms with van der Waals surface area (Å²) in [6.45, 7) is 16.1. The molecular weight excluding hydrogens is 1190 g/mol. The predicted molar refractivity (Wildman–Crippen MR) is 323 cm³/mol. The number of carbonyl (C=O) groups excluding carboxylic acids is 13. The summed E-state index contributed by atoms with van der Waals surface area (Å²) in [4.78, 5) is 200. The lowest BCUT2D eigenvalue weighted by atomic mass is 9.95. The van der Waals surface area contributed by atoms with Crippen LogP contribution in [0.2, 0.25) is 0 Å². The van der Waals surface area contributed by atoms with E-state index in [4.69, 9.17) is 28.7 Å². The largest absolute Gasteiger partial charge is 0.481 e. The van der Waals surface area contributed by atoms with Crippen LogP contribution >= 0.6 is 0 Å². The molecule has 35 heteroatoms. The molecule has 14 atom stereocenters. The molecule has 0 unspecified atom stereocenters. The second-order valence-corrected chi connectivity index (χ2v) is 22.8. The van der Waals surface area contributed by atoms with E-state index in [1.807, 2.05) is 0 Å². The molecule has 0 aliphatic carbocycles. The average Bonchev–Trinajstić information content (AvgIpc) is 3.67. The van der Waals surface area contributed by atoms with E-state index in [1.165, 1.54) is 6.92 Å². The first kappa shape index (κ1) is 81.2. The van der Waals surface area contributed by atoms with Crippen LogP contribution in [0.25, 0.3) is 0 Å². The standard InChI is InChI=1S/C55H97N17O18/c1-12-26(7)41(52(87)64-30(11)44(79)67-33(54(89)90)15-14-20-61-55(59)60)71-49(84)35(22-39(76)77)68-45(80)29(10)62-43(78)28(9)63-50(85)36(23-73)70-47(82)32(17-19-38(57)75)65-46(81)31(16-18-37(56)74)66-48(83)34(21-24(3)4)69-53(88)42(27(8)13-2)72-51(86)40(58)25(5)6/h24-36,40-42,73H,12-23,58H2,1-11H3,(H2,56,74)(H2,57,75)(H,62,78)(H,63,85)(H,64,87)(H,65,81)(H,66,83)(H,67,79)(H,68,80)(H,69,88)(H,70,82)(H,71,84)(H,72,86)(H,76,77)(H,89,90)(H4,59,60,61)/t26-,27-,28-,29-,30-,31-,32-,33-,34-,35-,36-,40-,41-,42-/m0/s1. The van der Waals surface area contributed by atoms with Gasteiger partial charge < -0.3 is 102 Å². The maximum absolute atomic E-state index is 14.0. The van der Waals surface area contributed by atoms with Crippen molar-refractivity contribution in [3.8, 4) is 0 Å². The van der Waals surface area contributed by atoms with Gasteiger partial charge in [-0.1, -0.05) is 68.2 Å². The summed E-state index contributed by atoms with van der Waals surface area (Å²) in [5, 5.41) is 55.6. The van der Waals surface area contributed by atoms with Crippen LogP contribution in [0, 0.1) is 23.7 Å². The van der Waals surface area contributed by atoms with Crippen molar-refractivity contribution in [3.05, 3.63) is 0 Å². The number of carbonyl (C=O) groups is 15. The second kappa shape index (κ2) is 40.7. The summed E-state index contributed by atoms with van der Waals surface area (Å²) < 4.78 is 0. The van der Waals surface area contributed by atoms with Crippen LogP contribution in [0.1, 0.15) is 140 Å². The quantitative estimate of drug-likeness (QED) is 0.0153. The number of carboxylic acid groups (broad SMARTS) is 2. The van der Waals surface area contributed by atoms with E-state index in [0.29, 0.717) is 6.42 Å². The van der Waals surface area contributed by atoms with Gasteiger partial charge >= 0.3 is 11.9 Å². The molecule has 90 heavy (non-hydrogen) atoms. The molecule has 0 fully saturated rings. The molecule has 35 nitrogen and oxygen atoms in total. The highest BCUT2D eigenvalue weighted by Crippen LogP contribution is 2.14.